The van der Waals surface area contributed by atoms with Crippen LogP contribution in [0.25, 0.3) is 0 Å². The fourth-order valence-electron chi connectivity index (χ4n) is 5.11. The molecule has 0 unspecified atom stereocenters. The number of aliphatic hydroxyl groups excluding tert-OH is 1. The average Bonchev–Trinajstić information content (AvgIpc) is 3.48. The highest BCUT2D eigenvalue weighted by molar-refractivity contribution is 14.1. The fourth-order valence-corrected chi connectivity index (χ4v) is 5.47. The van der Waals surface area contributed by atoms with E-state index < -0.39 is 12.1 Å². The second-order valence-electron chi connectivity index (χ2n) is 10.2. The summed E-state index contributed by atoms with van der Waals surface area (Å²) in [7, 11) is 0. The van der Waals surface area contributed by atoms with Gasteiger partial charge in [-0.05, 0) is 90.2 Å². The molecule has 2 aromatic carbocycles. The first-order chi connectivity index (χ1) is 19.0. The van der Waals surface area contributed by atoms with Crippen LogP contribution < -0.4 is 24.8 Å². The number of Topliss-reactive ketones (excluding diaryl/α,β-unsaturated/α-hetero) is 1. The highest BCUT2D eigenvalue weighted by atomic mass is 127. The monoisotopic (exact) mass is 650 g/mol. The van der Waals surface area contributed by atoms with Crippen molar-refractivity contribution in [1.29, 1.82) is 0 Å². The van der Waals surface area contributed by atoms with E-state index in [2.05, 4.69) is 33.2 Å². The number of unbranched alkanes of at least 4 members (excludes halogenated alkanes) is 2. The molecule has 39 heavy (non-hydrogen) atoms. The molecule has 1 aliphatic carbocycles. The molecule has 2 atom stereocenters. The molecular formula is C30H39IN2O6. The lowest BCUT2D eigenvalue weighted by Crippen LogP contribution is -2.47. The lowest BCUT2D eigenvalue weighted by Gasteiger charge is -2.27. The molecule has 0 bridgehead atoms. The summed E-state index contributed by atoms with van der Waals surface area (Å²) in [6.45, 7) is 1.47. The van der Waals surface area contributed by atoms with Gasteiger partial charge in [-0.2, -0.15) is 0 Å². The summed E-state index contributed by atoms with van der Waals surface area (Å²) >= 11 is 2.13. The molecule has 0 radical (unpaired) electrons. The summed E-state index contributed by atoms with van der Waals surface area (Å²) in [5, 5.41) is 17.8. The molecule has 1 heterocycles. The number of ether oxygens (including phenoxy) is 3. The first-order valence-corrected chi connectivity index (χ1v) is 15.5. The van der Waals surface area contributed by atoms with Gasteiger partial charge < -0.3 is 30.0 Å². The van der Waals surface area contributed by atoms with Crippen molar-refractivity contribution in [3.05, 3.63) is 53.6 Å². The minimum absolute atomic E-state index is 0.0954. The Hall–Kier alpha value is -2.37. The van der Waals surface area contributed by atoms with Gasteiger partial charge in [-0.1, -0.05) is 25.3 Å². The van der Waals surface area contributed by atoms with Crippen LogP contribution in [0.5, 0.6) is 17.2 Å². The van der Waals surface area contributed by atoms with E-state index in [1.54, 1.807) is 18.2 Å². The number of amides is 1. The Morgan fingerprint density at radius 2 is 1.69 bits per heavy atom. The lowest BCUT2D eigenvalue weighted by atomic mass is 10.00. The molecule has 2 aromatic rings. The summed E-state index contributed by atoms with van der Waals surface area (Å²) in [4.78, 5) is 25.3. The smallest absolute Gasteiger partial charge is 0.220 e. The predicted molar refractivity (Wildman–Crippen MR) is 158 cm³/mol. The Morgan fingerprint density at radius 3 is 2.44 bits per heavy atom. The third kappa shape index (κ3) is 9.08. The van der Waals surface area contributed by atoms with Crippen LogP contribution in [0.1, 0.15) is 79.8 Å². The van der Waals surface area contributed by atoms with Crippen molar-refractivity contribution < 1.29 is 28.9 Å². The molecule has 0 spiro atoms. The van der Waals surface area contributed by atoms with Crippen LogP contribution in [0, 0.1) is 0 Å². The summed E-state index contributed by atoms with van der Waals surface area (Å²) in [6, 6.07) is 12.6. The Morgan fingerprint density at radius 1 is 0.974 bits per heavy atom. The fraction of sp³-hybridized carbons (Fsp3) is 0.533. The van der Waals surface area contributed by atoms with E-state index in [4.69, 9.17) is 14.2 Å². The van der Waals surface area contributed by atoms with Gasteiger partial charge in [-0.3, -0.25) is 9.59 Å². The maximum absolute atomic E-state index is 12.8. The van der Waals surface area contributed by atoms with Gasteiger partial charge >= 0.3 is 0 Å². The molecule has 0 aromatic heterocycles. The second-order valence-corrected chi connectivity index (χ2v) is 10.8. The van der Waals surface area contributed by atoms with Crippen LogP contribution in [0.2, 0.25) is 0 Å². The largest absolute Gasteiger partial charge is 0.486 e. The Kier molecular flexibility index (Phi) is 11.7. The number of ketones is 1. The van der Waals surface area contributed by atoms with Crippen LogP contribution in [0.15, 0.2) is 42.5 Å². The molecule has 2 aliphatic rings. The Balaban J connectivity index is 1.24. The third-order valence-corrected chi connectivity index (χ3v) is 7.63. The molecule has 3 N–H and O–H groups in total. The van der Waals surface area contributed by atoms with Crippen LogP contribution in [-0.4, -0.2) is 53.3 Å². The minimum atomic E-state index is -0.884. The zero-order chi connectivity index (χ0) is 27.5. The SMILES string of the molecule is O=C(CCCCCC(=O)c1ccc(OCI)cc1)N[C@H](CNC1CCCC1)[C@H](O)c1ccc2c(c1)OCCO2. The molecular weight excluding hydrogens is 611 g/mol. The van der Waals surface area contributed by atoms with Gasteiger partial charge in [0.15, 0.2) is 17.3 Å². The lowest BCUT2D eigenvalue weighted by molar-refractivity contribution is -0.122. The number of carbonyl (C=O) groups is 2. The number of rotatable bonds is 15. The van der Waals surface area contributed by atoms with E-state index in [-0.39, 0.29) is 11.7 Å². The molecule has 0 saturated heterocycles. The van der Waals surface area contributed by atoms with Crippen molar-refractivity contribution in [1.82, 2.24) is 10.6 Å². The van der Waals surface area contributed by atoms with E-state index in [9.17, 15) is 14.7 Å². The number of benzene rings is 2. The van der Waals surface area contributed by atoms with E-state index >= 15 is 0 Å². The average molecular weight is 651 g/mol. The van der Waals surface area contributed by atoms with Gasteiger partial charge in [-0.15, -0.1) is 0 Å². The standard InChI is InChI=1S/C30H39IN2O6/c31-20-39-24-13-10-21(11-14-24)26(34)8-2-1-3-9-29(35)33-25(19-32-23-6-4-5-7-23)30(36)22-12-15-27-28(18-22)38-17-16-37-27/h10-15,18,23,25,30,32,36H,1-9,16-17,19-20H2,(H,33,35)/t25-,30-/m1/s1. The minimum Gasteiger partial charge on any atom is -0.486 e. The molecule has 4 rings (SSSR count). The molecule has 1 amide bonds. The van der Waals surface area contributed by atoms with Gasteiger partial charge in [0.25, 0.3) is 0 Å². The summed E-state index contributed by atoms with van der Waals surface area (Å²) in [5.74, 6) is 2.04. The summed E-state index contributed by atoms with van der Waals surface area (Å²) in [6.07, 6.45) is 6.77. The zero-order valence-corrected chi connectivity index (χ0v) is 24.5. The van der Waals surface area contributed by atoms with Crippen LogP contribution in [0.3, 0.4) is 0 Å². The van der Waals surface area contributed by atoms with Crippen molar-refractivity contribution in [3.63, 3.8) is 0 Å². The number of alkyl halides is 1. The van der Waals surface area contributed by atoms with E-state index in [0.29, 0.717) is 72.3 Å². The quantitative estimate of drug-likeness (QED) is 0.107. The van der Waals surface area contributed by atoms with Crippen molar-refractivity contribution in [2.75, 3.05) is 24.4 Å². The zero-order valence-electron chi connectivity index (χ0n) is 22.3. The third-order valence-electron chi connectivity index (χ3n) is 7.32. The van der Waals surface area contributed by atoms with Gasteiger partial charge in [0.2, 0.25) is 5.91 Å². The number of carbonyl (C=O) groups excluding carboxylic acids is 2. The van der Waals surface area contributed by atoms with Gasteiger partial charge in [0, 0.05) is 31.0 Å². The molecule has 9 heteroatoms. The number of nitrogens with one attached hydrogen (secondary N) is 2. The van der Waals surface area contributed by atoms with Crippen LogP contribution >= 0.6 is 22.6 Å². The Labute approximate surface area is 244 Å². The molecule has 8 nitrogen and oxygen atoms in total. The van der Waals surface area contributed by atoms with Gasteiger partial charge in [-0.25, -0.2) is 0 Å². The first kappa shape index (κ1) is 29.6. The molecule has 1 saturated carbocycles. The van der Waals surface area contributed by atoms with Crippen LogP contribution in [-0.2, 0) is 4.79 Å². The number of fused-ring (bicyclic) bond motifs is 1. The van der Waals surface area contributed by atoms with Crippen molar-refractivity contribution >= 4 is 34.3 Å². The second kappa shape index (κ2) is 15.4. The number of aliphatic hydroxyl groups is 1. The highest BCUT2D eigenvalue weighted by Crippen LogP contribution is 2.33. The molecule has 1 aliphatic heterocycles. The van der Waals surface area contributed by atoms with Crippen molar-refractivity contribution in [2.24, 2.45) is 0 Å². The topological polar surface area (TPSA) is 106 Å². The van der Waals surface area contributed by atoms with Crippen LogP contribution in [0.4, 0.5) is 0 Å². The summed E-state index contributed by atoms with van der Waals surface area (Å²) < 4.78 is 17.3. The van der Waals surface area contributed by atoms with Crippen molar-refractivity contribution in [2.45, 2.75) is 76.0 Å². The van der Waals surface area contributed by atoms with Crippen molar-refractivity contribution in [3.8, 4) is 17.2 Å². The maximum atomic E-state index is 12.8. The molecule has 212 valence electrons. The molecule has 1 fully saturated rings. The number of hydrogen-bond donors (Lipinski definition) is 3. The normalized spacial score (nSPS) is 16.5. The van der Waals surface area contributed by atoms with E-state index in [1.165, 1.54) is 12.8 Å². The van der Waals surface area contributed by atoms with E-state index in [1.807, 2.05) is 24.3 Å². The predicted octanol–water partition coefficient (Wildman–Crippen LogP) is 5.11. The number of halogens is 1. The maximum Gasteiger partial charge on any atom is 0.220 e. The number of hydrogen-bond acceptors (Lipinski definition) is 7. The van der Waals surface area contributed by atoms with Gasteiger partial charge in [0.1, 0.15) is 29.7 Å². The highest BCUT2D eigenvalue weighted by Gasteiger charge is 2.26. The Bertz CT molecular complexity index is 1070. The van der Waals surface area contributed by atoms with Gasteiger partial charge in [0.05, 0.1) is 6.04 Å². The first-order valence-electron chi connectivity index (χ1n) is 14.0. The van der Waals surface area contributed by atoms with E-state index in [0.717, 1.165) is 31.4 Å². The summed E-state index contributed by atoms with van der Waals surface area (Å²) in [5.41, 5.74) is 1.37.